The zero-order valence-corrected chi connectivity index (χ0v) is 40.8. The van der Waals surface area contributed by atoms with Gasteiger partial charge in [0.1, 0.15) is 18.5 Å². The second kappa shape index (κ2) is 36.3. The van der Waals surface area contributed by atoms with Crippen LogP contribution >= 0.6 is 15.6 Å². The van der Waals surface area contributed by atoms with Crippen LogP contribution in [-0.2, 0) is 46.6 Å². The van der Waals surface area contributed by atoms with Gasteiger partial charge in [0.05, 0.1) is 32.0 Å². The first-order valence-corrected chi connectivity index (χ1v) is 27.0. The highest BCUT2D eigenvalue weighted by Gasteiger charge is 2.39. The van der Waals surface area contributed by atoms with Gasteiger partial charge in [-0.25, -0.2) is 9.13 Å². The van der Waals surface area contributed by atoms with Crippen LogP contribution in [0.4, 0.5) is 0 Å². The van der Waals surface area contributed by atoms with Crippen LogP contribution in [0, 0.1) is 17.8 Å². The van der Waals surface area contributed by atoms with Crippen LogP contribution in [0.1, 0.15) is 181 Å². The number of aliphatic hydroxyl groups is 3. The number of ether oxygens (including phenoxy) is 2. The Morgan fingerprint density at radius 2 is 1.25 bits per heavy atom. The van der Waals surface area contributed by atoms with Crippen LogP contribution in [0.2, 0.25) is 0 Å². The van der Waals surface area contributed by atoms with Gasteiger partial charge in [0, 0.05) is 31.1 Å². The van der Waals surface area contributed by atoms with Gasteiger partial charge in [0.15, 0.2) is 6.10 Å². The predicted octanol–water partition coefficient (Wildman–Crippen LogP) is 9.12. The minimum absolute atomic E-state index is 0.0485. The van der Waals surface area contributed by atoms with E-state index in [1.165, 1.54) is 64.2 Å². The number of esters is 2. The van der Waals surface area contributed by atoms with Crippen LogP contribution in [-0.4, -0.2) is 98.6 Å². The van der Waals surface area contributed by atoms with Crippen molar-refractivity contribution in [2.24, 2.45) is 17.8 Å². The maximum absolute atomic E-state index is 12.8. The minimum atomic E-state index is -4.90. The Kier molecular flexibility index (Phi) is 34.1. The number of hydrogen-bond acceptors (Lipinski definition) is 13. The number of hydrogen-bond donors (Lipinski definition) is 6. The van der Waals surface area contributed by atoms with E-state index in [0.29, 0.717) is 32.1 Å². The number of unbranched alkanes of at least 4 members (excludes halogenated alkanes) is 16. The largest absolute Gasteiger partial charge is 0.472 e. The first kappa shape index (κ1) is 60.2. The predicted molar refractivity (Wildman–Crippen MR) is 245 cm³/mol. The molecule has 7 atom stereocenters. The smallest absolute Gasteiger partial charge is 0.462 e. The average Bonchev–Trinajstić information content (AvgIpc) is 3.50. The van der Waals surface area contributed by atoms with Crippen LogP contribution in [0.5, 0.6) is 0 Å². The molecule has 0 aliphatic heterocycles. The molecule has 0 radical (unpaired) electrons. The highest BCUT2D eigenvalue weighted by molar-refractivity contribution is 7.47. The molecule has 1 rings (SSSR count). The number of allylic oxidation sites excluding steroid dienone is 2. The first-order chi connectivity index (χ1) is 30.4. The lowest BCUT2D eigenvalue weighted by molar-refractivity contribution is -0.161. The Morgan fingerprint density at radius 3 is 1.84 bits per heavy atom. The molecule has 64 heavy (non-hydrogen) atoms. The molecule has 0 aromatic heterocycles. The number of carbonyl (C=O) groups is 3. The van der Waals surface area contributed by atoms with Gasteiger partial charge in [0.2, 0.25) is 0 Å². The van der Waals surface area contributed by atoms with Gasteiger partial charge in [-0.2, -0.15) is 0 Å². The molecule has 1 unspecified atom stereocenters. The van der Waals surface area contributed by atoms with E-state index in [4.69, 9.17) is 23.8 Å². The molecule has 6 N–H and O–H groups in total. The minimum Gasteiger partial charge on any atom is -0.462 e. The Balaban J connectivity index is 2.53. The van der Waals surface area contributed by atoms with E-state index in [2.05, 4.69) is 29.8 Å². The number of Topliss-reactive ketones (excluding diaryl/α,β-unsaturated/α-hetero) is 1. The second-order valence-electron chi connectivity index (χ2n) is 17.6. The third kappa shape index (κ3) is 33.6. The lowest BCUT2D eigenvalue weighted by atomic mass is 9.90. The molecule has 0 aromatic carbocycles. The van der Waals surface area contributed by atoms with E-state index >= 15 is 0 Å². The monoisotopic (exact) mass is 955 g/mol. The topological polar surface area (TPSA) is 253 Å². The summed E-state index contributed by atoms with van der Waals surface area (Å²) in [5, 5.41) is 30.5. The van der Waals surface area contributed by atoms with E-state index in [-0.39, 0.29) is 25.0 Å². The first-order valence-electron chi connectivity index (χ1n) is 24.0. The van der Waals surface area contributed by atoms with Crippen molar-refractivity contribution in [3.63, 3.8) is 0 Å². The van der Waals surface area contributed by atoms with Crippen molar-refractivity contribution in [3.05, 3.63) is 24.3 Å². The fraction of sp³-hybridized carbons (Fsp3) is 0.848. The number of carbonyl (C=O) groups excluding carboxylic acids is 3. The fourth-order valence-electron chi connectivity index (χ4n) is 7.40. The van der Waals surface area contributed by atoms with Gasteiger partial charge < -0.3 is 39.5 Å². The molecular formula is C46H84O16P2. The molecule has 0 bridgehead atoms. The lowest BCUT2D eigenvalue weighted by Crippen LogP contribution is -2.29. The van der Waals surface area contributed by atoms with E-state index in [9.17, 15) is 43.7 Å². The van der Waals surface area contributed by atoms with Gasteiger partial charge >= 0.3 is 27.6 Å². The van der Waals surface area contributed by atoms with E-state index in [1.807, 2.05) is 12.2 Å². The highest BCUT2D eigenvalue weighted by Crippen LogP contribution is 2.44. The molecule has 0 saturated heterocycles. The van der Waals surface area contributed by atoms with Crippen LogP contribution in [0.25, 0.3) is 0 Å². The molecule has 1 aliphatic carbocycles. The number of ketones is 1. The van der Waals surface area contributed by atoms with Crippen LogP contribution in [0.3, 0.4) is 0 Å². The van der Waals surface area contributed by atoms with Crippen LogP contribution < -0.4 is 0 Å². The molecule has 1 fully saturated rings. The molecular weight excluding hydrogens is 870 g/mol. The second-order valence-corrected chi connectivity index (χ2v) is 20.3. The zero-order chi connectivity index (χ0) is 47.6. The highest BCUT2D eigenvalue weighted by atomic mass is 31.2. The van der Waals surface area contributed by atoms with E-state index in [1.54, 1.807) is 12.2 Å². The van der Waals surface area contributed by atoms with Gasteiger partial charge in [0.25, 0.3) is 0 Å². The van der Waals surface area contributed by atoms with E-state index < -0.39 is 90.3 Å². The summed E-state index contributed by atoms with van der Waals surface area (Å²) in [5.41, 5.74) is 0. The van der Waals surface area contributed by atoms with Gasteiger partial charge in [-0.05, 0) is 38.0 Å². The molecule has 1 aliphatic rings. The summed E-state index contributed by atoms with van der Waals surface area (Å²) in [6.07, 6.45) is 25.4. The summed E-state index contributed by atoms with van der Waals surface area (Å²) in [5.74, 6) is -1.29. The van der Waals surface area contributed by atoms with Crippen molar-refractivity contribution in [2.75, 3.05) is 26.4 Å². The summed E-state index contributed by atoms with van der Waals surface area (Å²) in [4.78, 5) is 65.6. The van der Waals surface area contributed by atoms with Crippen molar-refractivity contribution in [3.8, 4) is 0 Å². The molecule has 0 amide bonds. The molecule has 374 valence electrons. The summed E-state index contributed by atoms with van der Waals surface area (Å²) < 4.78 is 47.8. The quantitative estimate of drug-likeness (QED) is 0.0145. The Morgan fingerprint density at radius 1 is 0.703 bits per heavy atom. The zero-order valence-electron chi connectivity index (χ0n) is 39.0. The van der Waals surface area contributed by atoms with Gasteiger partial charge in [-0.15, -0.1) is 0 Å². The maximum Gasteiger partial charge on any atom is 0.472 e. The number of phosphoric acid groups is 2. The third-order valence-electron chi connectivity index (χ3n) is 11.1. The normalized spacial score (nSPS) is 19.4. The Bertz CT molecular complexity index is 1400. The summed E-state index contributed by atoms with van der Waals surface area (Å²) in [7, 11) is -9.78. The molecule has 0 heterocycles. The molecule has 16 nitrogen and oxygen atoms in total. The summed E-state index contributed by atoms with van der Waals surface area (Å²) in [6.45, 7) is 3.69. The standard InChI is InChI=1S/C46H84O16P2/c1-4-5-20-26-38(47)30-31-42-41(43(49)32-44(42)50)27-22-18-19-24-29-46(52)62-40(36-61-64(56,57)60-34-39(48)33-59-63(53,54)55)35-58-45(51)28-23-17-15-13-11-9-7-6-8-10-12-14-16-21-25-37(2)3/h18,22,30-31,37-42,44,47-48,50H,4-17,19-21,23-29,32-36H2,1-3H3,(H,56,57)(H2,53,54,55)/b22-18-,31-30+/t38-,39-,40+,41+,42+,44+/m0/s1. The number of phosphoric ester groups is 2. The number of rotatable bonds is 41. The Hall–Kier alpha value is -1.81. The average molecular weight is 955 g/mol. The van der Waals surface area contributed by atoms with Crippen molar-refractivity contribution in [2.45, 2.75) is 206 Å². The SMILES string of the molecule is CCCCC[C@H](O)/C=C/[C@H]1[C@H](O)CC(=O)[C@@H]1C/C=C\CCCC(=O)O[C@H](COC(=O)CCCCCCCCCCCCCCCCC(C)C)COP(=O)(O)OC[C@@H](O)COP(=O)(O)O. The number of aliphatic hydroxyl groups excluding tert-OH is 3. The Labute approximate surface area is 383 Å². The van der Waals surface area contributed by atoms with Crippen molar-refractivity contribution in [1.29, 1.82) is 0 Å². The fourth-order valence-corrected chi connectivity index (χ4v) is 8.55. The van der Waals surface area contributed by atoms with E-state index in [0.717, 1.165) is 50.9 Å². The molecule has 18 heteroatoms. The lowest BCUT2D eigenvalue weighted by Gasteiger charge is -2.20. The van der Waals surface area contributed by atoms with Crippen molar-refractivity contribution in [1.82, 2.24) is 0 Å². The third-order valence-corrected chi connectivity index (χ3v) is 12.6. The van der Waals surface area contributed by atoms with Crippen LogP contribution in [0.15, 0.2) is 24.3 Å². The maximum atomic E-state index is 12.8. The van der Waals surface area contributed by atoms with Gasteiger partial charge in [-0.1, -0.05) is 154 Å². The summed E-state index contributed by atoms with van der Waals surface area (Å²) >= 11 is 0. The van der Waals surface area contributed by atoms with Crippen molar-refractivity contribution < 1.29 is 76.6 Å². The molecule has 0 spiro atoms. The molecule has 1 saturated carbocycles. The molecule has 0 aromatic rings. The van der Waals surface area contributed by atoms with Crippen molar-refractivity contribution >= 4 is 33.4 Å². The summed E-state index contributed by atoms with van der Waals surface area (Å²) in [6, 6.07) is 0. The van der Waals surface area contributed by atoms with Gasteiger partial charge in [-0.3, -0.25) is 28.0 Å².